The first-order chi connectivity index (χ1) is 7.29. The standard InChI is InChI=1S/C10H18O5S/c1-3-15-9(11)10(2,12)8-4-6-16(13,14)7-5-8/h8,12H,3-7H2,1-2H3. The van der Waals surface area contributed by atoms with Gasteiger partial charge in [-0.25, -0.2) is 13.2 Å². The Labute approximate surface area is 95.7 Å². The molecule has 0 aromatic rings. The Kier molecular flexibility index (Phi) is 3.96. The first-order valence-corrected chi connectivity index (χ1v) is 7.21. The number of sulfone groups is 1. The Morgan fingerprint density at radius 2 is 1.94 bits per heavy atom. The second-order valence-corrected chi connectivity index (χ2v) is 6.60. The molecule has 1 unspecified atom stereocenters. The highest BCUT2D eigenvalue weighted by Gasteiger charge is 2.43. The maximum atomic E-state index is 11.5. The Bertz CT molecular complexity index is 343. The summed E-state index contributed by atoms with van der Waals surface area (Å²) < 4.78 is 27.2. The highest BCUT2D eigenvalue weighted by atomic mass is 32.2. The number of rotatable bonds is 3. The Hall–Kier alpha value is -0.620. The molecule has 1 atom stereocenters. The van der Waals surface area contributed by atoms with E-state index in [9.17, 15) is 18.3 Å². The minimum atomic E-state index is -2.98. The zero-order chi connectivity index (χ0) is 12.4. The van der Waals surface area contributed by atoms with Crippen LogP contribution in [0.4, 0.5) is 0 Å². The van der Waals surface area contributed by atoms with Gasteiger partial charge in [0.25, 0.3) is 0 Å². The lowest BCUT2D eigenvalue weighted by Gasteiger charge is -2.33. The van der Waals surface area contributed by atoms with Crippen molar-refractivity contribution in [2.75, 3.05) is 18.1 Å². The molecule has 1 aliphatic heterocycles. The molecule has 0 spiro atoms. The number of aliphatic hydroxyl groups is 1. The summed E-state index contributed by atoms with van der Waals surface area (Å²) in [5.41, 5.74) is -1.58. The third-order valence-electron chi connectivity index (χ3n) is 3.04. The van der Waals surface area contributed by atoms with E-state index in [4.69, 9.17) is 4.74 Å². The predicted molar refractivity (Wildman–Crippen MR) is 58.6 cm³/mol. The Morgan fingerprint density at radius 3 is 2.38 bits per heavy atom. The summed E-state index contributed by atoms with van der Waals surface area (Å²) in [4.78, 5) is 11.5. The second kappa shape index (κ2) is 4.71. The first-order valence-electron chi connectivity index (χ1n) is 5.39. The van der Waals surface area contributed by atoms with E-state index in [1.165, 1.54) is 6.92 Å². The third-order valence-corrected chi connectivity index (χ3v) is 4.75. The molecule has 0 radical (unpaired) electrons. The Balaban J connectivity index is 2.68. The van der Waals surface area contributed by atoms with Crippen molar-refractivity contribution >= 4 is 15.8 Å². The van der Waals surface area contributed by atoms with Gasteiger partial charge in [0.2, 0.25) is 0 Å². The van der Waals surface area contributed by atoms with E-state index in [1.54, 1.807) is 6.92 Å². The zero-order valence-electron chi connectivity index (χ0n) is 9.60. The van der Waals surface area contributed by atoms with E-state index in [0.29, 0.717) is 12.8 Å². The van der Waals surface area contributed by atoms with Gasteiger partial charge in [-0.1, -0.05) is 0 Å². The van der Waals surface area contributed by atoms with Crippen molar-refractivity contribution in [3.8, 4) is 0 Å². The van der Waals surface area contributed by atoms with E-state index in [-0.39, 0.29) is 24.0 Å². The molecule has 6 heteroatoms. The van der Waals surface area contributed by atoms with Gasteiger partial charge in [-0.2, -0.15) is 0 Å². The van der Waals surface area contributed by atoms with Gasteiger partial charge in [0.1, 0.15) is 9.84 Å². The zero-order valence-corrected chi connectivity index (χ0v) is 10.4. The molecule has 1 saturated heterocycles. The van der Waals surface area contributed by atoms with Crippen molar-refractivity contribution in [1.82, 2.24) is 0 Å². The highest BCUT2D eigenvalue weighted by molar-refractivity contribution is 7.91. The molecule has 1 N–H and O–H groups in total. The molecular weight excluding hydrogens is 232 g/mol. The van der Waals surface area contributed by atoms with Gasteiger partial charge in [0.15, 0.2) is 5.60 Å². The van der Waals surface area contributed by atoms with Crippen LogP contribution in [0.1, 0.15) is 26.7 Å². The molecule has 0 aromatic heterocycles. The third kappa shape index (κ3) is 2.95. The van der Waals surface area contributed by atoms with Crippen LogP contribution in [0, 0.1) is 5.92 Å². The quantitative estimate of drug-likeness (QED) is 0.720. The van der Waals surface area contributed by atoms with Gasteiger partial charge >= 0.3 is 5.97 Å². The van der Waals surface area contributed by atoms with E-state index in [1.807, 2.05) is 0 Å². The van der Waals surface area contributed by atoms with Crippen LogP contribution in [0.3, 0.4) is 0 Å². The minimum Gasteiger partial charge on any atom is -0.464 e. The lowest BCUT2D eigenvalue weighted by atomic mass is 9.84. The van der Waals surface area contributed by atoms with Crippen molar-refractivity contribution in [3.63, 3.8) is 0 Å². The minimum absolute atomic E-state index is 0.0349. The lowest BCUT2D eigenvalue weighted by Crippen LogP contribution is -2.47. The van der Waals surface area contributed by atoms with Gasteiger partial charge in [0.05, 0.1) is 18.1 Å². The molecule has 0 saturated carbocycles. The van der Waals surface area contributed by atoms with Crippen LogP contribution in [-0.2, 0) is 19.4 Å². The number of carbonyl (C=O) groups excluding carboxylic acids is 1. The highest BCUT2D eigenvalue weighted by Crippen LogP contribution is 2.30. The molecule has 94 valence electrons. The fraction of sp³-hybridized carbons (Fsp3) is 0.900. The van der Waals surface area contributed by atoms with Gasteiger partial charge in [-0.05, 0) is 26.7 Å². The van der Waals surface area contributed by atoms with E-state index in [2.05, 4.69) is 0 Å². The van der Waals surface area contributed by atoms with Crippen LogP contribution < -0.4 is 0 Å². The molecular formula is C10H18O5S. The average Bonchev–Trinajstić information content (AvgIpc) is 2.17. The maximum Gasteiger partial charge on any atom is 0.338 e. The van der Waals surface area contributed by atoms with Crippen molar-refractivity contribution in [2.45, 2.75) is 32.3 Å². The molecule has 0 aromatic carbocycles. The topological polar surface area (TPSA) is 80.7 Å². The first kappa shape index (κ1) is 13.4. The maximum absolute atomic E-state index is 11.5. The fourth-order valence-corrected chi connectivity index (χ4v) is 3.39. The summed E-state index contributed by atoms with van der Waals surface area (Å²) in [6.07, 6.45) is 0.627. The van der Waals surface area contributed by atoms with Crippen molar-refractivity contribution in [2.24, 2.45) is 5.92 Å². The fourth-order valence-electron chi connectivity index (χ4n) is 1.90. The summed E-state index contributed by atoms with van der Waals surface area (Å²) >= 11 is 0. The summed E-state index contributed by atoms with van der Waals surface area (Å²) in [6, 6.07) is 0. The summed E-state index contributed by atoms with van der Waals surface area (Å²) in [7, 11) is -2.98. The van der Waals surface area contributed by atoms with E-state index >= 15 is 0 Å². The van der Waals surface area contributed by atoms with Gasteiger partial charge in [-0.15, -0.1) is 0 Å². The number of hydrogen-bond donors (Lipinski definition) is 1. The smallest absolute Gasteiger partial charge is 0.338 e. The van der Waals surface area contributed by atoms with Gasteiger partial charge in [0, 0.05) is 5.92 Å². The molecule has 1 rings (SSSR count). The second-order valence-electron chi connectivity index (χ2n) is 4.29. The molecule has 1 aliphatic rings. The number of carbonyl (C=O) groups is 1. The van der Waals surface area contributed by atoms with Crippen LogP contribution >= 0.6 is 0 Å². The predicted octanol–water partition coefficient (Wildman–Crippen LogP) is 0.125. The monoisotopic (exact) mass is 250 g/mol. The van der Waals surface area contributed by atoms with E-state index < -0.39 is 21.4 Å². The van der Waals surface area contributed by atoms with Crippen molar-refractivity contribution in [3.05, 3.63) is 0 Å². The molecule has 0 aliphatic carbocycles. The van der Waals surface area contributed by atoms with Crippen molar-refractivity contribution < 1.29 is 23.1 Å². The number of esters is 1. The molecule has 1 fully saturated rings. The van der Waals surface area contributed by atoms with Gasteiger partial charge in [-0.3, -0.25) is 0 Å². The van der Waals surface area contributed by atoms with Crippen molar-refractivity contribution in [1.29, 1.82) is 0 Å². The SMILES string of the molecule is CCOC(=O)C(C)(O)C1CCS(=O)(=O)CC1. The molecule has 0 amide bonds. The normalized spacial score (nSPS) is 24.7. The van der Waals surface area contributed by atoms with Crippen LogP contribution in [0.25, 0.3) is 0 Å². The van der Waals surface area contributed by atoms with Gasteiger partial charge < -0.3 is 9.84 Å². The Morgan fingerprint density at radius 1 is 1.44 bits per heavy atom. The molecule has 1 heterocycles. The van der Waals surface area contributed by atoms with Crippen LogP contribution in [0.2, 0.25) is 0 Å². The average molecular weight is 250 g/mol. The molecule has 0 bridgehead atoms. The number of ether oxygens (including phenoxy) is 1. The summed E-state index contributed by atoms with van der Waals surface area (Å²) in [5.74, 6) is -0.935. The molecule has 16 heavy (non-hydrogen) atoms. The largest absolute Gasteiger partial charge is 0.464 e. The summed E-state index contributed by atoms with van der Waals surface area (Å²) in [6.45, 7) is 3.27. The molecule has 5 nitrogen and oxygen atoms in total. The van der Waals surface area contributed by atoms with Crippen LogP contribution in [0.5, 0.6) is 0 Å². The van der Waals surface area contributed by atoms with E-state index in [0.717, 1.165) is 0 Å². The summed E-state index contributed by atoms with van der Waals surface area (Å²) in [5, 5.41) is 10.0. The van der Waals surface area contributed by atoms with Crippen LogP contribution in [0.15, 0.2) is 0 Å². The van der Waals surface area contributed by atoms with Crippen LogP contribution in [-0.4, -0.2) is 43.2 Å². The number of hydrogen-bond acceptors (Lipinski definition) is 5. The lowest BCUT2D eigenvalue weighted by molar-refractivity contribution is -0.169.